The first-order chi connectivity index (χ1) is 16.2. The van der Waals surface area contributed by atoms with E-state index >= 15 is 0 Å². The second-order valence-corrected chi connectivity index (χ2v) is 9.69. The number of methoxy groups -OCH3 is 1. The number of aromatic nitrogens is 2. The number of carbonyl (C=O) groups is 2. The summed E-state index contributed by atoms with van der Waals surface area (Å²) in [4.78, 5) is 27.3. The molecule has 0 spiro atoms. The number of ketones is 1. The van der Waals surface area contributed by atoms with Crippen molar-refractivity contribution in [3.63, 3.8) is 0 Å². The van der Waals surface area contributed by atoms with Crippen LogP contribution in [0.2, 0.25) is 0 Å². The number of Topliss-reactive ketones (excluding diaryl/α,β-unsaturated/α-hetero) is 1. The van der Waals surface area contributed by atoms with Crippen LogP contribution in [-0.2, 0) is 10.9 Å². The van der Waals surface area contributed by atoms with Crippen LogP contribution in [0.25, 0.3) is 11.3 Å². The topological polar surface area (TPSA) is 81.6 Å². The van der Waals surface area contributed by atoms with Gasteiger partial charge < -0.3 is 14.4 Å². The number of carbonyl (C=O) groups excluding carboxylic acids is 2. The van der Waals surface area contributed by atoms with Crippen LogP contribution >= 0.6 is 0 Å². The smallest absolute Gasteiger partial charge is 0.416 e. The largest absolute Gasteiger partial charge is 0.496 e. The lowest BCUT2D eigenvalue weighted by atomic mass is 9.89. The maximum atomic E-state index is 13.3. The predicted octanol–water partition coefficient (Wildman–Crippen LogP) is 5.62. The molecule has 0 bridgehead atoms. The maximum Gasteiger partial charge on any atom is 0.416 e. The molecular formula is C25H30F3N3O4. The number of amides is 1. The molecule has 190 valence electrons. The van der Waals surface area contributed by atoms with E-state index in [4.69, 9.17) is 9.47 Å². The summed E-state index contributed by atoms with van der Waals surface area (Å²) in [5, 5.41) is 8.35. The van der Waals surface area contributed by atoms with E-state index in [0.29, 0.717) is 41.8 Å². The van der Waals surface area contributed by atoms with Gasteiger partial charge in [-0.1, -0.05) is 0 Å². The summed E-state index contributed by atoms with van der Waals surface area (Å²) in [6.45, 7) is 9.55. The van der Waals surface area contributed by atoms with Crippen LogP contribution in [0.15, 0.2) is 18.2 Å². The van der Waals surface area contributed by atoms with Crippen molar-refractivity contribution >= 4 is 11.9 Å². The molecule has 0 N–H and O–H groups in total. The van der Waals surface area contributed by atoms with E-state index < -0.39 is 29.4 Å². The highest BCUT2D eigenvalue weighted by molar-refractivity contribution is 5.98. The standard InChI is InChI=1S/C25H30F3N3O4/c1-14-15(2)21(22(32)16-8-7-11-31(13-16)23(33)35-24(3,4)5)30-29-20(14)18-10-9-17(25(26,27)28)12-19(18)34-6/h9-10,12,16H,7-8,11,13H2,1-6H3. The molecule has 1 aromatic heterocycles. The third kappa shape index (κ3) is 5.91. The second-order valence-electron chi connectivity index (χ2n) is 9.69. The van der Waals surface area contributed by atoms with Crippen molar-refractivity contribution in [2.45, 2.75) is 59.2 Å². The van der Waals surface area contributed by atoms with E-state index in [9.17, 15) is 22.8 Å². The molecule has 1 aromatic carbocycles. The van der Waals surface area contributed by atoms with E-state index in [1.54, 1.807) is 34.6 Å². The molecule has 3 rings (SSSR count). The summed E-state index contributed by atoms with van der Waals surface area (Å²) in [7, 11) is 1.28. The minimum Gasteiger partial charge on any atom is -0.496 e. The number of rotatable bonds is 4. The monoisotopic (exact) mass is 493 g/mol. The quantitative estimate of drug-likeness (QED) is 0.515. The van der Waals surface area contributed by atoms with Crippen LogP contribution < -0.4 is 4.74 Å². The van der Waals surface area contributed by atoms with Crippen LogP contribution in [0.5, 0.6) is 5.75 Å². The molecule has 1 saturated heterocycles. The Balaban J connectivity index is 1.88. The molecule has 2 heterocycles. The SMILES string of the molecule is COc1cc(C(F)(F)F)ccc1-c1nnc(C(=O)C2CCCN(C(=O)OC(C)(C)C)C2)c(C)c1C. The third-order valence-corrected chi connectivity index (χ3v) is 5.98. The highest BCUT2D eigenvalue weighted by Crippen LogP contribution is 2.38. The minimum absolute atomic E-state index is 0.0102. The Kier molecular flexibility index (Phi) is 7.42. The maximum absolute atomic E-state index is 13.3. The Morgan fingerprint density at radius 2 is 1.77 bits per heavy atom. The van der Waals surface area contributed by atoms with Gasteiger partial charge in [-0.3, -0.25) is 4.79 Å². The average molecular weight is 494 g/mol. The molecule has 1 aliphatic heterocycles. The molecule has 2 aromatic rings. The fourth-order valence-corrected chi connectivity index (χ4v) is 4.04. The highest BCUT2D eigenvalue weighted by Gasteiger charge is 2.34. The van der Waals surface area contributed by atoms with Crippen LogP contribution in [0.4, 0.5) is 18.0 Å². The Labute approximate surface area is 202 Å². The first-order valence-electron chi connectivity index (χ1n) is 11.3. The molecule has 7 nitrogen and oxygen atoms in total. The van der Waals surface area contributed by atoms with Crippen molar-refractivity contribution in [3.8, 4) is 17.0 Å². The van der Waals surface area contributed by atoms with Gasteiger partial charge in [-0.15, -0.1) is 10.2 Å². The summed E-state index contributed by atoms with van der Waals surface area (Å²) < 4.78 is 49.9. The Bertz CT molecular complexity index is 1130. The lowest BCUT2D eigenvalue weighted by Crippen LogP contribution is -2.44. The van der Waals surface area contributed by atoms with Crippen molar-refractivity contribution in [2.24, 2.45) is 5.92 Å². The van der Waals surface area contributed by atoms with Crippen LogP contribution in [0.3, 0.4) is 0 Å². The van der Waals surface area contributed by atoms with Crippen LogP contribution in [-0.4, -0.2) is 52.8 Å². The third-order valence-electron chi connectivity index (χ3n) is 5.98. The molecule has 1 aliphatic rings. The van der Waals surface area contributed by atoms with Gasteiger partial charge in [0, 0.05) is 24.6 Å². The molecule has 0 aliphatic carbocycles. The molecule has 0 saturated carbocycles. The van der Waals surface area contributed by atoms with Gasteiger partial charge in [0.1, 0.15) is 17.0 Å². The van der Waals surface area contributed by atoms with Crippen molar-refractivity contribution in [3.05, 3.63) is 40.6 Å². The fourth-order valence-electron chi connectivity index (χ4n) is 4.04. The van der Waals surface area contributed by atoms with Crippen molar-refractivity contribution in [1.82, 2.24) is 15.1 Å². The minimum atomic E-state index is -4.51. The number of ether oxygens (including phenoxy) is 2. The summed E-state index contributed by atoms with van der Waals surface area (Å²) in [5.41, 5.74) is 0.595. The Morgan fingerprint density at radius 3 is 2.37 bits per heavy atom. The van der Waals surface area contributed by atoms with E-state index in [2.05, 4.69) is 10.2 Å². The molecule has 1 unspecified atom stereocenters. The van der Waals surface area contributed by atoms with E-state index in [0.717, 1.165) is 12.1 Å². The Morgan fingerprint density at radius 1 is 1.09 bits per heavy atom. The van der Waals surface area contributed by atoms with Gasteiger partial charge in [0.25, 0.3) is 0 Å². The second kappa shape index (κ2) is 9.83. The van der Waals surface area contributed by atoms with Gasteiger partial charge >= 0.3 is 12.3 Å². The molecule has 10 heteroatoms. The normalized spacial score (nSPS) is 16.7. The summed E-state index contributed by atoms with van der Waals surface area (Å²) in [5.74, 6) is -0.664. The van der Waals surface area contributed by atoms with Crippen molar-refractivity contribution in [1.29, 1.82) is 0 Å². The van der Waals surface area contributed by atoms with Crippen molar-refractivity contribution < 1.29 is 32.2 Å². The van der Waals surface area contributed by atoms with Gasteiger partial charge in [-0.2, -0.15) is 13.2 Å². The number of benzene rings is 1. The lowest BCUT2D eigenvalue weighted by molar-refractivity contribution is -0.137. The van der Waals surface area contributed by atoms with Crippen LogP contribution in [0, 0.1) is 19.8 Å². The molecule has 35 heavy (non-hydrogen) atoms. The van der Waals surface area contributed by atoms with Crippen LogP contribution in [0.1, 0.15) is 60.8 Å². The molecule has 1 atom stereocenters. The van der Waals surface area contributed by atoms with Gasteiger partial charge in [0.15, 0.2) is 5.78 Å². The molecule has 0 radical (unpaired) electrons. The van der Waals surface area contributed by atoms with Gasteiger partial charge in [-0.05, 0) is 76.8 Å². The van der Waals surface area contributed by atoms with Gasteiger partial charge in [-0.25, -0.2) is 4.79 Å². The van der Waals surface area contributed by atoms with Crippen molar-refractivity contribution in [2.75, 3.05) is 20.2 Å². The predicted molar refractivity (Wildman–Crippen MR) is 123 cm³/mol. The Hall–Kier alpha value is -3.17. The first-order valence-corrected chi connectivity index (χ1v) is 11.3. The van der Waals surface area contributed by atoms with E-state index in [-0.39, 0.29) is 23.8 Å². The summed E-state index contributed by atoms with van der Waals surface area (Å²) >= 11 is 0. The number of hydrogen-bond donors (Lipinski definition) is 0. The number of nitrogens with zero attached hydrogens (tertiary/aromatic N) is 3. The summed E-state index contributed by atoms with van der Waals surface area (Å²) in [6, 6.07) is 3.16. The molecular weight excluding hydrogens is 463 g/mol. The zero-order valence-corrected chi connectivity index (χ0v) is 20.7. The zero-order valence-electron chi connectivity index (χ0n) is 20.7. The fraction of sp³-hybridized carbons (Fsp3) is 0.520. The molecule has 1 fully saturated rings. The number of alkyl halides is 3. The zero-order chi connectivity index (χ0) is 26.1. The highest BCUT2D eigenvalue weighted by atomic mass is 19.4. The number of halogens is 3. The molecule has 1 amide bonds. The summed E-state index contributed by atoms with van der Waals surface area (Å²) in [6.07, 6.45) is -3.71. The lowest BCUT2D eigenvalue weighted by Gasteiger charge is -2.33. The number of piperidine rings is 1. The van der Waals surface area contributed by atoms with E-state index in [1.807, 2.05) is 0 Å². The van der Waals surface area contributed by atoms with E-state index in [1.165, 1.54) is 18.1 Å². The van der Waals surface area contributed by atoms with Gasteiger partial charge in [0.05, 0.1) is 18.4 Å². The number of likely N-dealkylation sites (tertiary alicyclic amines) is 1. The first kappa shape index (κ1) is 26.4. The number of hydrogen-bond acceptors (Lipinski definition) is 6. The average Bonchev–Trinajstić information content (AvgIpc) is 2.78. The van der Waals surface area contributed by atoms with Gasteiger partial charge in [0.2, 0.25) is 0 Å².